The van der Waals surface area contributed by atoms with Crippen LogP contribution in [0.15, 0.2) is 71.8 Å². The molecule has 1 unspecified atom stereocenters. The minimum Gasteiger partial charge on any atom is -0.381 e. The van der Waals surface area contributed by atoms with E-state index in [0.29, 0.717) is 28.1 Å². The van der Waals surface area contributed by atoms with Gasteiger partial charge in [0.15, 0.2) is 11.5 Å². The van der Waals surface area contributed by atoms with E-state index in [4.69, 9.17) is 10.7 Å². The molecule has 2 aromatic carbocycles. The molecule has 0 aliphatic carbocycles. The molecule has 42 heavy (non-hydrogen) atoms. The first-order valence-electron chi connectivity index (χ1n) is 13.4. The predicted octanol–water partition coefficient (Wildman–Crippen LogP) is 4.02. The number of hydrogen-bond donors (Lipinski definition) is 2. The summed E-state index contributed by atoms with van der Waals surface area (Å²) in [6.07, 6.45) is 7.13. The third kappa shape index (κ3) is 4.50. The molecule has 6 rings (SSSR count). The zero-order valence-corrected chi connectivity index (χ0v) is 23.6. The van der Waals surface area contributed by atoms with Crippen molar-refractivity contribution in [3.8, 4) is 5.69 Å². The number of aromatic nitrogens is 7. The lowest BCUT2D eigenvalue weighted by Gasteiger charge is -2.20. The Morgan fingerprint density at radius 3 is 2.55 bits per heavy atom. The first-order valence-corrected chi connectivity index (χ1v) is 13.4. The van der Waals surface area contributed by atoms with E-state index in [1.807, 2.05) is 80.2 Å². The Bertz CT molecular complexity index is 2070. The lowest BCUT2D eigenvalue weighted by Crippen LogP contribution is -2.33. The summed E-state index contributed by atoms with van der Waals surface area (Å²) in [6.45, 7) is 5.74. The van der Waals surface area contributed by atoms with Gasteiger partial charge < -0.3 is 11.1 Å². The molecule has 1 amide bonds. The van der Waals surface area contributed by atoms with Gasteiger partial charge in [-0.25, -0.2) is 14.5 Å². The van der Waals surface area contributed by atoms with E-state index < -0.39 is 11.9 Å². The van der Waals surface area contributed by atoms with Crippen LogP contribution >= 0.6 is 0 Å². The average Bonchev–Trinajstić information content (AvgIpc) is 3.44. The molecule has 0 saturated heterocycles. The zero-order chi connectivity index (χ0) is 29.5. The topological polar surface area (TPSA) is 138 Å². The Hall–Kier alpha value is -5.58. The second-order valence-corrected chi connectivity index (χ2v) is 10.1. The quantitative estimate of drug-likeness (QED) is 0.314. The number of anilines is 1. The van der Waals surface area contributed by atoms with Gasteiger partial charge in [-0.15, -0.1) is 5.10 Å². The van der Waals surface area contributed by atoms with Crippen LogP contribution in [0.2, 0.25) is 0 Å². The van der Waals surface area contributed by atoms with Gasteiger partial charge in [-0.2, -0.15) is 5.10 Å². The number of carbonyl (C=O) groups excluding carboxylic acids is 1. The highest BCUT2D eigenvalue weighted by molar-refractivity contribution is 6.04. The first-order chi connectivity index (χ1) is 20.2. The zero-order valence-electron chi connectivity index (χ0n) is 23.6. The van der Waals surface area contributed by atoms with Gasteiger partial charge in [0, 0.05) is 30.7 Å². The number of nitrogens with zero attached hydrogens (tertiary/aromatic N) is 7. The molecular weight excluding hydrogens is 530 g/mol. The van der Waals surface area contributed by atoms with Crippen molar-refractivity contribution in [3.63, 3.8) is 0 Å². The lowest BCUT2D eigenvalue weighted by molar-refractivity contribution is 0.0940. The van der Waals surface area contributed by atoms with Crippen LogP contribution in [-0.2, 0) is 7.05 Å². The number of nitrogens with one attached hydrogen (secondary N) is 1. The minimum absolute atomic E-state index is 0.0563. The van der Waals surface area contributed by atoms with Crippen molar-refractivity contribution >= 4 is 40.4 Å². The SMILES string of the molecule is Cc1nn(C)c(C)c1C=Cc1cccc2nc(C(C)NC(=O)c3c(N)nn4cccnc34)n(-c3ccccc3)c(=O)c12. The van der Waals surface area contributed by atoms with Crippen LogP contribution in [0, 0.1) is 13.8 Å². The number of hydrogen-bond acceptors (Lipinski definition) is 7. The molecule has 0 spiro atoms. The molecule has 6 aromatic rings. The summed E-state index contributed by atoms with van der Waals surface area (Å²) in [6, 6.07) is 15.8. The van der Waals surface area contributed by atoms with E-state index in [1.165, 1.54) is 4.52 Å². The van der Waals surface area contributed by atoms with Gasteiger partial charge in [0.05, 0.1) is 28.3 Å². The van der Waals surface area contributed by atoms with Crippen LogP contribution in [0.4, 0.5) is 5.82 Å². The smallest absolute Gasteiger partial charge is 0.266 e. The Kier molecular flexibility index (Phi) is 6.62. The van der Waals surface area contributed by atoms with Gasteiger partial charge in [-0.05, 0) is 50.6 Å². The van der Waals surface area contributed by atoms with Crippen LogP contribution in [0.1, 0.15) is 51.7 Å². The average molecular weight is 560 g/mol. The molecule has 0 aliphatic heterocycles. The summed E-state index contributed by atoms with van der Waals surface area (Å²) >= 11 is 0. The van der Waals surface area contributed by atoms with Crippen LogP contribution in [0.5, 0.6) is 0 Å². The van der Waals surface area contributed by atoms with Crippen molar-refractivity contribution in [3.05, 3.63) is 111 Å². The van der Waals surface area contributed by atoms with Gasteiger partial charge >= 0.3 is 0 Å². The summed E-state index contributed by atoms with van der Waals surface area (Å²) < 4.78 is 4.83. The van der Waals surface area contributed by atoms with Crippen LogP contribution in [0.3, 0.4) is 0 Å². The molecule has 0 saturated carbocycles. The molecule has 11 nitrogen and oxygen atoms in total. The van der Waals surface area contributed by atoms with Crippen molar-refractivity contribution in [2.24, 2.45) is 7.05 Å². The number of amides is 1. The summed E-state index contributed by atoms with van der Waals surface area (Å²) in [5, 5.41) is 12.1. The number of rotatable bonds is 6. The normalized spacial score (nSPS) is 12.4. The van der Waals surface area contributed by atoms with Crippen molar-refractivity contribution in [1.82, 2.24) is 39.2 Å². The fraction of sp³-hybridized carbons (Fsp3) is 0.161. The maximum absolute atomic E-state index is 14.3. The minimum atomic E-state index is -0.673. The number of para-hydroxylation sites is 1. The molecule has 0 bridgehead atoms. The van der Waals surface area contributed by atoms with Crippen molar-refractivity contribution in [1.29, 1.82) is 0 Å². The highest BCUT2D eigenvalue weighted by Crippen LogP contribution is 2.24. The third-order valence-electron chi connectivity index (χ3n) is 7.35. The molecule has 11 heteroatoms. The Labute approximate surface area is 241 Å². The molecule has 0 fully saturated rings. The molecule has 4 aromatic heterocycles. The fourth-order valence-corrected chi connectivity index (χ4v) is 5.19. The van der Waals surface area contributed by atoms with E-state index in [0.717, 1.165) is 22.5 Å². The summed E-state index contributed by atoms with van der Waals surface area (Å²) in [7, 11) is 1.90. The maximum Gasteiger partial charge on any atom is 0.266 e. The van der Waals surface area contributed by atoms with E-state index in [-0.39, 0.29) is 16.9 Å². The maximum atomic E-state index is 14.3. The van der Waals surface area contributed by atoms with Gasteiger partial charge in [-0.3, -0.25) is 18.8 Å². The van der Waals surface area contributed by atoms with E-state index >= 15 is 0 Å². The van der Waals surface area contributed by atoms with Crippen molar-refractivity contribution in [2.75, 3.05) is 5.73 Å². The number of aryl methyl sites for hydroxylation is 2. The third-order valence-corrected chi connectivity index (χ3v) is 7.35. The van der Waals surface area contributed by atoms with Gasteiger partial charge in [-0.1, -0.05) is 42.5 Å². The number of nitrogens with two attached hydrogens (primary N) is 1. The van der Waals surface area contributed by atoms with Gasteiger partial charge in [0.2, 0.25) is 0 Å². The van der Waals surface area contributed by atoms with Crippen LogP contribution < -0.4 is 16.6 Å². The number of carbonyl (C=O) groups is 1. The molecule has 0 aliphatic rings. The van der Waals surface area contributed by atoms with E-state index in [1.54, 1.807) is 36.0 Å². The Balaban J connectivity index is 1.47. The van der Waals surface area contributed by atoms with Gasteiger partial charge in [0.25, 0.3) is 11.5 Å². The highest BCUT2D eigenvalue weighted by Gasteiger charge is 2.24. The molecule has 1 atom stereocenters. The summed E-state index contributed by atoms with van der Waals surface area (Å²) in [5.74, 6) is -0.0440. The fourth-order valence-electron chi connectivity index (χ4n) is 5.19. The summed E-state index contributed by atoms with van der Waals surface area (Å²) in [5.41, 5.74) is 11.1. The standard InChI is InChI=1S/C31H29N9O2/c1-18-23(20(3)38(4)36-18)15-14-21-10-8-13-24-25(21)31(42)40(22-11-6-5-7-12-22)28(35-24)19(2)34-30(41)26-27(32)37-39-17-9-16-33-29(26)39/h5-17,19H,1-4H3,(H2,32,37)(H,34,41). The molecule has 210 valence electrons. The highest BCUT2D eigenvalue weighted by atomic mass is 16.2. The number of benzene rings is 2. The number of nitrogen functional groups attached to an aromatic ring is 1. The van der Waals surface area contributed by atoms with Crippen molar-refractivity contribution in [2.45, 2.75) is 26.8 Å². The summed E-state index contributed by atoms with van der Waals surface area (Å²) in [4.78, 5) is 36.9. The van der Waals surface area contributed by atoms with Crippen molar-refractivity contribution < 1.29 is 4.79 Å². The number of fused-ring (bicyclic) bond motifs is 2. The largest absolute Gasteiger partial charge is 0.381 e. The second kappa shape index (κ2) is 10.4. The second-order valence-electron chi connectivity index (χ2n) is 10.1. The van der Waals surface area contributed by atoms with Crippen LogP contribution in [-0.4, -0.2) is 39.8 Å². The molecule has 0 radical (unpaired) electrons. The monoisotopic (exact) mass is 559 g/mol. The van der Waals surface area contributed by atoms with Crippen LogP contribution in [0.25, 0.3) is 34.4 Å². The Morgan fingerprint density at radius 1 is 1.02 bits per heavy atom. The molecular formula is C31H29N9O2. The first kappa shape index (κ1) is 26.6. The van der Waals surface area contributed by atoms with E-state index in [9.17, 15) is 9.59 Å². The molecule has 4 heterocycles. The Morgan fingerprint density at radius 2 is 1.81 bits per heavy atom. The van der Waals surface area contributed by atoms with Gasteiger partial charge in [0.1, 0.15) is 11.4 Å². The molecule has 3 N–H and O–H groups in total. The lowest BCUT2D eigenvalue weighted by atomic mass is 10.1. The predicted molar refractivity (Wildman–Crippen MR) is 162 cm³/mol. The van der Waals surface area contributed by atoms with E-state index in [2.05, 4.69) is 20.5 Å².